The van der Waals surface area contributed by atoms with Gasteiger partial charge >= 0.3 is 0 Å². The fourth-order valence-corrected chi connectivity index (χ4v) is 4.40. The number of amides is 1. The van der Waals surface area contributed by atoms with Crippen molar-refractivity contribution in [1.29, 1.82) is 0 Å². The van der Waals surface area contributed by atoms with E-state index >= 15 is 0 Å². The van der Waals surface area contributed by atoms with E-state index in [2.05, 4.69) is 41.3 Å². The molecule has 2 aromatic carbocycles. The predicted octanol–water partition coefficient (Wildman–Crippen LogP) is 4.82. The van der Waals surface area contributed by atoms with E-state index in [-0.39, 0.29) is 11.9 Å². The number of likely N-dealkylation sites (tertiary alicyclic amines) is 1. The summed E-state index contributed by atoms with van der Waals surface area (Å²) in [5.74, 6) is 0.673. The maximum Gasteiger partial charge on any atom is 0.256 e. The fraction of sp³-hybridized carbons (Fsp3) is 0.280. The highest BCUT2D eigenvalue weighted by atomic mass is 16.5. The Hall–Kier alpha value is -3.74. The molecular formula is C25H25N5O2. The third kappa shape index (κ3) is 3.49. The van der Waals surface area contributed by atoms with Gasteiger partial charge in [-0.1, -0.05) is 35.0 Å². The summed E-state index contributed by atoms with van der Waals surface area (Å²) in [5, 5.41) is 12.8. The Labute approximate surface area is 186 Å². The smallest absolute Gasteiger partial charge is 0.256 e. The van der Waals surface area contributed by atoms with Crippen LogP contribution in [0.5, 0.6) is 0 Å². The molecule has 3 heterocycles. The second-order valence-electron chi connectivity index (χ2n) is 8.36. The summed E-state index contributed by atoms with van der Waals surface area (Å²) in [5.41, 5.74) is 6.52. The van der Waals surface area contributed by atoms with Crippen LogP contribution in [0.15, 0.2) is 59.4 Å². The zero-order valence-electron chi connectivity index (χ0n) is 18.4. The molecule has 162 valence electrons. The molecule has 4 aromatic rings. The largest absolute Gasteiger partial charge is 0.359 e. The van der Waals surface area contributed by atoms with Crippen molar-refractivity contribution < 1.29 is 9.32 Å². The van der Waals surface area contributed by atoms with Crippen molar-refractivity contribution >= 4 is 5.91 Å². The molecule has 0 spiro atoms. The Morgan fingerprint density at radius 3 is 2.69 bits per heavy atom. The van der Waals surface area contributed by atoms with Crippen LogP contribution in [0.4, 0.5) is 0 Å². The van der Waals surface area contributed by atoms with E-state index in [0.717, 1.165) is 35.4 Å². The Morgan fingerprint density at radius 1 is 1.06 bits per heavy atom. The first-order valence-electron chi connectivity index (χ1n) is 10.8. The molecule has 7 heteroatoms. The number of hydrogen-bond acceptors (Lipinski definition) is 5. The molecule has 0 bridgehead atoms. The summed E-state index contributed by atoms with van der Waals surface area (Å²) in [6.07, 6.45) is 4.97. The lowest BCUT2D eigenvalue weighted by atomic mass is 10.0. The average molecular weight is 428 g/mol. The van der Waals surface area contributed by atoms with Crippen LogP contribution in [0.2, 0.25) is 0 Å². The Morgan fingerprint density at radius 2 is 1.88 bits per heavy atom. The van der Waals surface area contributed by atoms with Crippen LogP contribution < -0.4 is 0 Å². The quantitative estimate of drug-likeness (QED) is 0.466. The maximum absolute atomic E-state index is 13.7. The molecule has 0 aliphatic carbocycles. The van der Waals surface area contributed by atoms with E-state index in [4.69, 9.17) is 4.52 Å². The van der Waals surface area contributed by atoms with E-state index in [1.165, 1.54) is 15.9 Å². The monoisotopic (exact) mass is 427 g/mol. The summed E-state index contributed by atoms with van der Waals surface area (Å²) in [4.78, 5) is 17.0. The van der Waals surface area contributed by atoms with Gasteiger partial charge in [0.25, 0.3) is 5.91 Å². The molecule has 5 rings (SSSR count). The van der Waals surface area contributed by atoms with Gasteiger partial charge in [0.2, 0.25) is 0 Å². The van der Waals surface area contributed by atoms with Crippen LogP contribution in [0.25, 0.3) is 16.9 Å². The lowest BCUT2D eigenvalue weighted by molar-refractivity contribution is 0.0714. The van der Waals surface area contributed by atoms with Gasteiger partial charge in [0.05, 0.1) is 29.7 Å². The first kappa shape index (κ1) is 20.2. The zero-order valence-corrected chi connectivity index (χ0v) is 18.4. The molecule has 2 aromatic heterocycles. The average Bonchev–Trinajstić information content (AvgIpc) is 3.56. The number of nitrogens with zero attached hydrogens (tertiary/aromatic N) is 5. The SMILES string of the molecule is Cc1ccc(-n2nccn2)c(C(=O)N2CCC[C@H]2c2cc(-c3cccc(C)c3C)no2)c1. The number of carbonyl (C=O) groups excluding carboxylic acids is 1. The van der Waals surface area contributed by atoms with Gasteiger partial charge < -0.3 is 9.42 Å². The summed E-state index contributed by atoms with van der Waals surface area (Å²) < 4.78 is 5.77. The van der Waals surface area contributed by atoms with Gasteiger partial charge in [-0.2, -0.15) is 15.0 Å². The normalized spacial score (nSPS) is 16.0. The Balaban J connectivity index is 1.48. The molecular weight excluding hydrogens is 402 g/mol. The molecule has 0 unspecified atom stereocenters. The lowest BCUT2D eigenvalue weighted by Gasteiger charge is -2.24. The van der Waals surface area contributed by atoms with E-state index in [1.807, 2.05) is 42.2 Å². The first-order chi connectivity index (χ1) is 15.5. The van der Waals surface area contributed by atoms with Crippen molar-refractivity contribution in [3.05, 3.63) is 82.9 Å². The van der Waals surface area contributed by atoms with E-state index in [9.17, 15) is 4.79 Å². The molecule has 32 heavy (non-hydrogen) atoms. The number of carbonyl (C=O) groups is 1. The van der Waals surface area contributed by atoms with Crippen molar-refractivity contribution in [1.82, 2.24) is 25.1 Å². The van der Waals surface area contributed by atoms with E-state index in [0.29, 0.717) is 17.8 Å². The fourth-order valence-electron chi connectivity index (χ4n) is 4.40. The predicted molar refractivity (Wildman–Crippen MR) is 121 cm³/mol. The van der Waals surface area contributed by atoms with Crippen LogP contribution >= 0.6 is 0 Å². The lowest BCUT2D eigenvalue weighted by Crippen LogP contribution is -2.31. The highest BCUT2D eigenvalue weighted by Crippen LogP contribution is 2.36. The zero-order chi connectivity index (χ0) is 22.2. The second kappa shape index (κ2) is 8.07. The van der Waals surface area contributed by atoms with Crippen LogP contribution in [0.3, 0.4) is 0 Å². The van der Waals surface area contributed by atoms with Gasteiger partial charge in [0.1, 0.15) is 5.69 Å². The Bertz CT molecular complexity index is 1280. The summed E-state index contributed by atoms with van der Waals surface area (Å²) >= 11 is 0. The van der Waals surface area contributed by atoms with Gasteiger partial charge in [-0.05, 0) is 56.9 Å². The number of aryl methyl sites for hydroxylation is 2. The van der Waals surface area contributed by atoms with Crippen LogP contribution in [-0.4, -0.2) is 37.5 Å². The minimum Gasteiger partial charge on any atom is -0.359 e. The molecule has 1 fully saturated rings. The number of aromatic nitrogens is 4. The van der Waals surface area contributed by atoms with E-state index in [1.54, 1.807) is 12.4 Å². The van der Waals surface area contributed by atoms with Crippen LogP contribution in [-0.2, 0) is 0 Å². The first-order valence-corrected chi connectivity index (χ1v) is 10.8. The minimum absolute atomic E-state index is 0.0480. The second-order valence-corrected chi connectivity index (χ2v) is 8.36. The number of hydrogen-bond donors (Lipinski definition) is 0. The third-order valence-electron chi connectivity index (χ3n) is 6.27. The van der Waals surface area contributed by atoms with Crippen molar-refractivity contribution in [2.45, 2.75) is 39.7 Å². The van der Waals surface area contributed by atoms with Gasteiger partial charge in [-0.15, -0.1) is 0 Å². The van der Waals surface area contributed by atoms with Crippen molar-refractivity contribution in [3.8, 4) is 16.9 Å². The standard InChI is InChI=1S/C25H25N5O2/c1-16-9-10-22(30-26-11-12-27-30)20(14-16)25(31)29-13-5-8-23(29)24-15-21(28-32-24)19-7-4-6-17(2)18(19)3/h4,6-7,9-12,14-15,23H,5,8,13H2,1-3H3/t23-/m0/s1. The minimum atomic E-state index is -0.146. The molecule has 0 radical (unpaired) electrons. The molecule has 1 aliphatic rings. The van der Waals surface area contributed by atoms with Gasteiger partial charge in [-0.25, -0.2) is 0 Å². The van der Waals surface area contributed by atoms with Gasteiger partial charge in [0, 0.05) is 18.2 Å². The number of benzene rings is 2. The molecule has 1 saturated heterocycles. The highest BCUT2D eigenvalue weighted by Gasteiger charge is 2.34. The van der Waals surface area contributed by atoms with Gasteiger partial charge in [-0.3, -0.25) is 4.79 Å². The Kier molecular flexibility index (Phi) is 5.09. The topological polar surface area (TPSA) is 77.1 Å². The summed E-state index contributed by atoms with van der Waals surface area (Å²) in [7, 11) is 0. The molecule has 7 nitrogen and oxygen atoms in total. The number of rotatable bonds is 4. The molecule has 1 atom stereocenters. The molecule has 0 saturated carbocycles. The molecule has 1 aliphatic heterocycles. The van der Waals surface area contributed by atoms with Crippen molar-refractivity contribution in [2.24, 2.45) is 0 Å². The molecule has 1 amide bonds. The highest BCUT2D eigenvalue weighted by molar-refractivity contribution is 5.98. The maximum atomic E-state index is 13.7. The van der Waals surface area contributed by atoms with Gasteiger partial charge in [0.15, 0.2) is 5.76 Å². The van der Waals surface area contributed by atoms with Crippen LogP contribution in [0.1, 0.15) is 51.7 Å². The third-order valence-corrected chi connectivity index (χ3v) is 6.27. The molecule has 0 N–H and O–H groups in total. The van der Waals surface area contributed by atoms with E-state index < -0.39 is 0 Å². The summed E-state index contributed by atoms with van der Waals surface area (Å²) in [6, 6.07) is 13.8. The summed E-state index contributed by atoms with van der Waals surface area (Å²) in [6.45, 7) is 6.83. The van der Waals surface area contributed by atoms with Crippen molar-refractivity contribution in [3.63, 3.8) is 0 Å². The van der Waals surface area contributed by atoms with Crippen molar-refractivity contribution in [2.75, 3.05) is 6.54 Å². The van der Waals surface area contributed by atoms with Crippen LogP contribution in [0, 0.1) is 20.8 Å².